The molecule has 3 aromatic rings. The Morgan fingerprint density at radius 2 is 1.89 bits per heavy atom. The van der Waals surface area contributed by atoms with Crippen LogP contribution in [0.1, 0.15) is 76.8 Å². The maximum absolute atomic E-state index is 14.3. The highest BCUT2D eigenvalue weighted by Crippen LogP contribution is 2.47. The number of nitrogens with one attached hydrogen (secondary N) is 2. The van der Waals surface area contributed by atoms with Crippen molar-refractivity contribution >= 4 is 61.9 Å². The molecule has 3 heterocycles. The zero-order valence-electron chi connectivity index (χ0n) is 30.1. The smallest absolute Gasteiger partial charge is 0.362 e. The van der Waals surface area contributed by atoms with Crippen molar-refractivity contribution in [1.29, 1.82) is 0 Å². The van der Waals surface area contributed by atoms with Gasteiger partial charge >= 0.3 is 10.3 Å². The van der Waals surface area contributed by atoms with Crippen molar-refractivity contribution in [2.24, 2.45) is 17.8 Å². The number of carbonyl (C=O) groups excluding carboxylic acids is 3. The summed E-state index contributed by atoms with van der Waals surface area (Å²) in [5.74, 6) is -2.43. The van der Waals surface area contributed by atoms with Gasteiger partial charge in [-0.15, -0.1) is 11.3 Å². The average Bonchev–Trinajstić information content (AvgIpc) is 3.93. The molecule has 3 fully saturated rings. The van der Waals surface area contributed by atoms with Crippen LogP contribution in [-0.2, 0) is 28.9 Å². The predicted octanol–water partition coefficient (Wildman–Crippen LogP) is 5.53. The Kier molecular flexibility index (Phi) is 10.5. The first kappa shape index (κ1) is 37.5. The van der Waals surface area contributed by atoms with E-state index in [2.05, 4.69) is 19.2 Å². The molecular formula is C37H44ClN5O8S2. The quantitative estimate of drug-likeness (QED) is 0.264. The summed E-state index contributed by atoms with van der Waals surface area (Å²) in [6.45, 7) is 4.67. The van der Waals surface area contributed by atoms with E-state index in [-0.39, 0.29) is 31.1 Å². The molecule has 3 aliphatic carbocycles. The van der Waals surface area contributed by atoms with E-state index in [0.717, 1.165) is 18.5 Å². The van der Waals surface area contributed by atoms with Crippen LogP contribution in [0.25, 0.3) is 21.6 Å². The predicted molar refractivity (Wildman–Crippen MR) is 200 cm³/mol. The number of hydrogen-bond acceptors (Lipinski definition) is 11. The van der Waals surface area contributed by atoms with Crippen LogP contribution in [0.3, 0.4) is 0 Å². The maximum atomic E-state index is 14.3. The molecular weight excluding hydrogens is 742 g/mol. The van der Waals surface area contributed by atoms with Gasteiger partial charge in [0.05, 0.1) is 36.3 Å². The van der Waals surface area contributed by atoms with E-state index in [1.54, 1.807) is 18.0 Å². The van der Waals surface area contributed by atoms with Gasteiger partial charge in [0.1, 0.15) is 38.9 Å². The fourth-order valence-electron chi connectivity index (χ4n) is 7.20. The highest BCUT2D eigenvalue weighted by molar-refractivity contribution is 7.85. The summed E-state index contributed by atoms with van der Waals surface area (Å²) in [6, 6.07) is 5.36. The summed E-state index contributed by atoms with van der Waals surface area (Å²) in [7, 11) is -1.10. The van der Waals surface area contributed by atoms with Crippen LogP contribution in [-0.4, -0.2) is 79.5 Å². The molecule has 3 amide bonds. The molecule has 13 nitrogen and oxygen atoms in total. The van der Waals surface area contributed by atoms with Gasteiger partial charge in [-0.05, 0) is 69.4 Å². The first-order chi connectivity index (χ1) is 25.3. The monoisotopic (exact) mass is 785 g/mol. The molecule has 16 heteroatoms. The van der Waals surface area contributed by atoms with Gasteiger partial charge in [0.25, 0.3) is 5.91 Å². The van der Waals surface area contributed by atoms with E-state index in [0.29, 0.717) is 63.9 Å². The summed E-state index contributed by atoms with van der Waals surface area (Å²) in [5.41, 5.74) is 0.465. The van der Waals surface area contributed by atoms with E-state index in [1.807, 2.05) is 34.4 Å². The second-order valence-electron chi connectivity index (χ2n) is 14.8. The number of nitrogens with zero attached hydrogens (tertiary/aromatic N) is 3. The number of ether oxygens (including phenoxy) is 2. The molecule has 1 aromatic carbocycles. The van der Waals surface area contributed by atoms with E-state index < -0.39 is 57.6 Å². The standard InChI is InChI=1S/C37H44ClN5O8S2/c1-20(2)28-19-52-34(40-28)27-17-30(24-12-13-29(49-4)31(38)32(24)39-27)50-23-15-25-26(16-23)35(45)43(3)14-8-6-5-7-9-21-18-37(21,41-33(25)44)36(46)42-53(47,48)51-22-10-11-22/h7,9,12-13,17,19-23,25-26H,5-6,8,10-11,14-16,18H2,1-4H3,(H,41,44)(H,42,46)/b9-7-/t21-,23-,25-,26-,37-/m1/s1. The van der Waals surface area contributed by atoms with Crippen molar-refractivity contribution < 1.29 is 36.5 Å². The number of rotatable bonds is 9. The molecule has 5 atom stereocenters. The van der Waals surface area contributed by atoms with Gasteiger partial charge in [0, 0.05) is 36.3 Å². The van der Waals surface area contributed by atoms with Crippen LogP contribution in [0, 0.1) is 17.8 Å². The van der Waals surface area contributed by atoms with Gasteiger partial charge in [-0.1, -0.05) is 37.6 Å². The zero-order valence-corrected chi connectivity index (χ0v) is 32.5. The van der Waals surface area contributed by atoms with E-state index in [4.69, 9.17) is 35.2 Å². The molecule has 0 spiro atoms. The number of thiazole rings is 1. The lowest BCUT2D eigenvalue weighted by Gasteiger charge is -2.26. The SMILES string of the molecule is COc1ccc2c(O[C@@H]3C[C@H]4C(=O)N[C@]5(C(=O)NS(=O)(=O)OC6CC6)C[C@H]5/C=C\CCCCN(C)C(=O)[C@@H]4C3)cc(-c3nc(C(C)C)cs3)nc2c1Cl. The highest BCUT2D eigenvalue weighted by Gasteiger charge is 2.62. The minimum atomic E-state index is -4.37. The molecule has 2 N–H and O–H groups in total. The van der Waals surface area contributed by atoms with Gasteiger partial charge in [-0.25, -0.2) is 14.7 Å². The second-order valence-corrected chi connectivity index (χ2v) is 17.3. The molecule has 53 heavy (non-hydrogen) atoms. The third-order valence-corrected chi connectivity index (χ3v) is 12.7. The van der Waals surface area contributed by atoms with Crippen molar-refractivity contribution in [1.82, 2.24) is 24.9 Å². The summed E-state index contributed by atoms with van der Waals surface area (Å²) < 4.78 is 44.6. The van der Waals surface area contributed by atoms with E-state index in [1.165, 1.54) is 18.4 Å². The van der Waals surface area contributed by atoms with Crippen molar-refractivity contribution in [2.45, 2.75) is 88.9 Å². The number of hydrogen-bond donors (Lipinski definition) is 2. The number of pyridine rings is 1. The van der Waals surface area contributed by atoms with Crippen molar-refractivity contribution in [2.75, 3.05) is 20.7 Å². The zero-order chi connectivity index (χ0) is 37.7. The third-order valence-electron chi connectivity index (χ3n) is 10.5. The van der Waals surface area contributed by atoms with Gasteiger partial charge in [0.15, 0.2) is 0 Å². The average molecular weight is 786 g/mol. The van der Waals surface area contributed by atoms with Crippen molar-refractivity contribution in [3.63, 3.8) is 0 Å². The molecule has 0 saturated heterocycles. The number of methoxy groups -OCH3 is 1. The molecule has 7 rings (SSSR count). The van der Waals surface area contributed by atoms with Crippen LogP contribution in [0.4, 0.5) is 0 Å². The van der Waals surface area contributed by atoms with E-state index in [9.17, 15) is 22.8 Å². The molecule has 3 saturated carbocycles. The summed E-state index contributed by atoms with van der Waals surface area (Å²) in [4.78, 5) is 53.2. The number of halogens is 1. The fourth-order valence-corrected chi connectivity index (χ4v) is 9.44. The summed E-state index contributed by atoms with van der Waals surface area (Å²) >= 11 is 8.26. The number of allylic oxidation sites excluding steroid dienone is 1. The molecule has 2 aromatic heterocycles. The Balaban J connectivity index is 1.20. The topological polar surface area (TPSA) is 166 Å². The lowest BCUT2D eigenvalue weighted by Crippen LogP contribution is -2.54. The number of benzene rings is 1. The normalized spacial score (nSPS) is 27.1. The molecule has 1 aliphatic heterocycles. The van der Waals surface area contributed by atoms with Gasteiger partial charge in [0.2, 0.25) is 11.8 Å². The third kappa shape index (κ3) is 7.89. The molecule has 0 bridgehead atoms. The van der Waals surface area contributed by atoms with Crippen LogP contribution in [0.15, 0.2) is 35.7 Å². The number of fused-ring (bicyclic) bond motifs is 3. The first-order valence-electron chi connectivity index (χ1n) is 18.1. The Bertz CT molecular complexity index is 2070. The summed E-state index contributed by atoms with van der Waals surface area (Å²) in [6.07, 6.45) is 6.91. The highest BCUT2D eigenvalue weighted by atomic mass is 35.5. The van der Waals surface area contributed by atoms with Crippen LogP contribution >= 0.6 is 22.9 Å². The minimum absolute atomic E-state index is 0.176. The Morgan fingerprint density at radius 3 is 2.60 bits per heavy atom. The number of amides is 3. The van der Waals surface area contributed by atoms with Gasteiger partial charge in [-0.3, -0.25) is 18.6 Å². The lowest BCUT2D eigenvalue weighted by molar-refractivity contribution is -0.140. The number of carbonyl (C=O) groups is 3. The molecule has 0 radical (unpaired) electrons. The Morgan fingerprint density at radius 1 is 1.11 bits per heavy atom. The molecule has 4 aliphatic rings. The lowest BCUT2D eigenvalue weighted by atomic mass is 9.93. The largest absolute Gasteiger partial charge is 0.495 e. The summed E-state index contributed by atoms with van der Waals surface area (Å²) in [5, 5.41) is 6.53. The fraction of sp³-hybridized carbons (Fsp3) is 0.541. The second kappa shape index (κ2) is 14.8. The van der Waals surface area contributed by atoms with E-state index >= 15 is 0 Å². The molecule has 284 valence electrons. The van der Waals surface area contributed by atoms with Crippen LogP contribution in [0.2, 0.25) is 5.02 Å². The Hall–Kier alpha value is -3.79. The van der Waals surface area contributed by atoms with Crippen LogP contribution < -0.4 is 19.5 Å². The van der Waals surface area contributed by atoms with Gasteiger partial charge in [-0.2, -0.15) is 8.42 Å². The van der Waals surface area contributed by atoms with Crippen molar-refractivity contribution in [3.8, 4) is 22.2 Å². The van der Waals surface area contributed by atoms with Crippen LogP contribution in [0.5, 0.6) is 11.5 Å². The maximum Gasteiger partial charge on any atom is 0.362 e. The van der Waals surface area contributed by atoms with Gasteiger partial charge < -0.3 is 19.7 Å². The Labute approximate surface area is 318 Å². The minimum Gasteiger partial charge on any atom is -0.495 e. The van der Waals surface area contributed by atoms with Crippen molar-refractivity contribution in [3.05, 3.63) is 46.4 Å². The first-order valence-corrected chi connectivity index (χ1v) is 20.7. The molecule has 0 unspecified atom stereocenters. The number of aromatic nitrogens is 2.